The van der Waals surface area contributed by atoms with Crippen LogP contribution in [0.1, 0.15) is 40.2 Å². The van der Waals surface area contributed by atoms with E-state index in [1.54, 1.807) is 0 Å². The molecule has 0 heterocycles. The van der Waals surface area contributed by atoms with Gasteiger partial charge >= 0.3 is 0 Å². The van der Waals surface area contributed by atoms with Gasteiger partial charge in [0.05, 0.1) is 6.54 Å². The van der Waals surface area contributed by atoms with Crippen LogP contribution in [0.4, 0.5) is 0 Å². The molecule has 1 N–H and O–H groups in total. The molecule has 0 fully saturated rings. The fourth-order valence-electron chi connectivity index (χ4n) is 2.36. The van der Waals surface area contributed by atoms with Gasteiger partial charge in [0.15, 0.2) is 0 Å². The second kappa shape index (κ2) is 7.22. The molecule has 0 saturated heterocycles. The minimum atomic E-state index is 0.517. The maximum atomic E-state index is 5.66. The van der Waals surface area contributed by atoms with Crippen LogP contribution in [0, 0.1) is 11.8 Å². The number of nitrogens with one attached hydrogen (secondary N) is 1. The summed E-state index contributed by atoms with van der Waals surface area (Å²) in [5, 5.41) is 0. The van der Waals surface area contributed by atoms with Crippen molar-refractivity contribution >= 4 is 0 Å². The lowest BCUT2D eigenvalue weighted by Crippen LogP contribution is -2.16. The van der Waals surface area contributed by atoms with Gasteiger partial charge in [0.25, 0.3) is 0 Å². The Balaban J connectivity index is 2.54. The fourth-order valence-corrected chi connectivity index (χ4v) is 2.36. The van der Waals surface area contributed by atoms with Crippen LogP contribution < -0.4 is 5.48 Å². The van der Waals surface area contributed by atoms with Crippen molar-refractivity contribution in [2.24, 2.45) is 11.8 Å². The Labute approximate surface area is 111 Å². The van der Waals surface area contributed by atoms with Crippen molar-refractivity contribution in [3.8, 4) is 0 Å². The molecule has 0 bridgehead atoms. The smallest absolute Gasteiger partial charge is 0.120 e. The first-order valence-electron chi connectivity index (χ1n) is 6.66. The first-order chi connectivity index (χ1) is 8.52. The van der Waals surface area contributed by atoms with Gasteiger partial charge < -0.3 is 4.84 Å². The Hall–Kier alpha value is -1.28. The second-order valence-corrected chi connectivity index (χ2v) is 5.23. The summed E-state index contributed by atoms with van der Waals surface area (Å²) in [5.74, 6) is 2.03. The van der Waals surface area contributed by atoms with E-state index in [4.69, 9.17) is 4.84 Å². The van der Waals surface area contributed by atoms with Gasteiger partial charge in [0, 0.05) is 0 Å². The zero-order chi connectivity index (χ0) is 13.5. The van der Waals surface area contributed by atoms with Crippen molar-refractivity contribution in [2.45, 2.75) is 41.2 Å². The van der Waals surface area contributed by atoms with Gasteiger partial charge in [0.1, 0.15) is 5.76 Å². The number of benzene rings is 1. The molecule has 0 amide bonds. The van der Waals surface area contributed by atoms with Crippen LogP contribution in [0.3, 0.4) is 0 Å². The van der Waals surface area contributed by atoms with Gasteiger partial charge in [0.2, 0.25) is 0 Å². The van der Waals surface area contributed by atoms with E-state index in [1.807, 2.05) is 25.1 Å². The van der Waals surface area contributed by atoms with E-state index in [9.17, 15) is 0 Å². The summed E-state index contributed by atoms with van der Waals surface area (Å²) >= 11 is 0. The van der Waals surface area contributed by atoms with Crippen LogP contribution in [0.5, 0.6) is 0 Å². The van der Waals surface area contributed by atoms with Crippen LogP contribution in [-0.2, 0) is 11.4 Å². The SMILES string of the molecule is CC(ONCc1ccccc1)=C(C(C)C)C(C)C. The number of hydrogen-bond donors (Lipinski definition) is 1. The average Bonchev–Trinajstić information content (AvgIpc) is 2.29. The molecule has 2 nitrogen and oxygen atoms in total. The summed E-state index contributed by atoms with van der Waals surface area (Å²) in [6.07, 6.45) is 0. The van der Waals surface area contributed by atoms with E-state index in [0.29, 0.717) is 11.8 Å². The number of allylic oxidation sites excluding steroid dienone is 2. The maximum absolute atomic E-state index is 5.66. The standard InChI is InChI=1S/C16H25NO/c1-12(2)16(13(3)4)14(5)18-17-11-15-9-7-6-8-10-15/h6-10,12-13,17H,11H2,1-5H3. The quantitative estimate of drug-likeness (QED) is 0.598. The van der Waals surface area contributed by atoms with Gasteiger partial charge in [-0.3, -0.25) is 0 Å². The molecule has 0 saturated carbocycles. The molecule has 0 aromatic heterocycles. The predicted octanol–water partition coefficient (Wildman–Crippen LogP) is 4.29. The fraction of sp³-hybridized carbons (Fsp3) is 0.500. The van der Waals surface area contributed by atoms with E-state index in [0.717, 1.165) is 12.3 Å². The highest BCUT2D eigenvalue weighted by atomic mass is 16.6. The molecule has 1 aromatic carbocycles. The first kappa shape index (κ1) is 14.8. The summed E-state index contributed by atoms with van der Waals surface area (Å²) in [6, 6.07) is 10.3. The number of hydroxylamine groups is 1. The molecule has 0 aliphatic heterocycles. The number of rotatable bonds is 6. The molecule has 0 aliphatic rings. The molecule has 0 radical (unpaired) electrons. The highest BCUT2D eigenvalue weighted by Crippen LogP contribution is 2.23. The highest BCUT2D eigenvalue weighted by Gasteiger charge is 2.13. The molecular formula is C16H25NO. The maximum Gasteiger partial charge on any atom is 0.120 e. The van der Waals surface area contributed by atoms with E-state index < -0.39 is 0 Å². The topological polar surface area (TPSA) is 21.3 Å². The zero-order valence-corrected chi connectivity index (χ0v) is 12.2. The van der Waals surface area contributed by atoms with Crippen molar-refractivity contribution in [1.82, 2.24) is 5.48 Å². The molecule has 0 aliphatic carbocycles. The Morgan fingerprint density at radius 3 is 2.11 bits per heavy atom. The van der Waals surface area contributed by atoms with E-state index >= 15 is 0 Å². The van der Waals surface area contributed by atoms with Gasteiger partial charge in [-0.05, 0) is 29.9 Å². The van der Waals surface area contributed by atoms with Gasteiger partial charge in [-0.15, -0.1) is 0 Å². The van der Waals surface area contributed by atoms with Crippen molar-refractivity contribution in [2.75, 3.05) is 0 Å². The summed E-state index contributed by atoms with van der Waals surface area (Å²) in [5.41, 5.74) is 5.63. The van der Waals surface area contributed by atoms with Crippen LogP contribution in [0.15, 0.2) is 41.7 Å². The van der Waals surface area contributed by atoms with Crippen LogP contribution in [0.25, 0.3) is 0 Å². The molecule has 1 rings (SSSR count). The monoisotopic (exact) mass is 247 g/mol. The third-order valence-electron chi connectivity index (χ3n) is 2.99. The minimum absolute atomic E-state index is 0.517. The lowest BCUT2D eigenvalue weighted by molar-refractivity contribution is 0.0957. The Bertz CT molecular complexity index is 369. The van der Waals surface area contributed by atoms with E-state index in [-0.39, 0.29) is 0 Å². The molecule has 2 heteroatoms. The van der Waals surface area contributed by atoms with Crippen LogP contribution in [0.2, 0.25) is 0 Å². The van der Waals surface area contributed by atoms with Crippen LogP contribution in [-0.4, -0.2) is 0 Å². The second-order valence-electron chi connectivity index (χ2n) is 5.23. The molecular weight excluding hydrogens is 222 g/mol. The zero-order valence-electron chi connectivity index (χ0n) is 12.2. The summed E-state index contributed by atoms with van der Waals surface area (Å²) in [4.78, 5) is 5.66. The van der Waals surface area contributed by atoms with Crippen molar-refractivity contribution < 1.29 is 4.84 Å². The summed E-state index contributed by atoms with van der Waals surface area (Å²) in [7, 11) is 0. The minimum Gasteiger partial charge on any atom is -0.413 e. The van der Waals surface area contributed by atoms with Gasteiger partial charge in [-0.2, -0.15) is 5.48 Å². The van der Waals surface area contributed by atoms with Gasteiger partial charge in [-0.1, -0.05) is 58.0 Å². The summed E-state index contributed by atoms with van der Waals surface area (Å²) in [6.45, 7) is 11.6. The molecule has 0 spiro atoms. The first-order valence-corrected chi connectivity index (χ1v) is 6.66. The normalized spacial score (nSPS) is 10.8. The van der Waals surface area contributed by atoms with E-state index in [1.165, 1.54) is 11.1 Å². The Kier molecular flexibility index (Phi) is 5.93. The average molecular weight is 247 g/mol. The van der Waals surface area contributed by atoms with Crippen LogP contribution >= 0.6 is 0 Å². The molecule has 18 heavy (non-hydrogen) atoms. The number of hydrogen-bond acceptors (Lipinski definition) is 2. The molecule has 1 aromatic rings. The Morgan fingerprint density at radius 2 is 1.61 bits per heavy atom. The summed E-state index contributed by atoms with van der Waals surface area (Å²) < 4.78 is 0. The van der Waals surface area contributed by atoms with E-state index in [2.05, 4.69) is 45.3 Å². The van der Waals surface area contributed by atoms with Crippen molar-refractivity contribution in [1.29, 1.82) is 0 Å². The molecule has 0 unspecified atom stereocenters. The molecule has 100 valence electrons. The van der Waals surface area contributed by atoms with Crippen molar-refractivity contribution in [3.63, 3.8) is 0 Å². The van der Waals surface area contributed by atoms with Gasteiger partial charge in [-0.25, -0.2) is 0 Å². The lowest BCUT2D eigenvalue weighted by Gasteiger charge is -2.19. The molecule has 0 atom stereocenters. The van der Waals surface area contributed by atoms with Crippen molar-refractivity contribution in [3.05, 3.63) is 47.2 Å². The predicted molar refractivity (Wildman–Crippen MR) is 76.7 cm³/mol. The largest absolute Gasteiger partial charge is 0.413 e. The third kappa shape index (κ3) is 4.53. The lowest BCUT2D eigenvalue weighted by atomic mass is 9.92. The third-order valence-corrected chi connectivity index (χ3v) is 2.99. The highest BCUT2D eigenvalue weighted by molar-refractivity contribution is 5.14. The Morgan fingerprint density at radius 1 is 1.06 bits per heavy atom.